The number of hydrogen-bond donors (Lipinski definition) is 0. The summed E-state index contributed by atoms with van der Waals surface area (Å²) in [5, 5.41) is 1.61. The largest absolute Gasteiger partial charge is 0.297 e. The van der Waals surface area contributed by atoms with E-state index in [1.54, 1.807) is 12.1 Å². The van der Waals surface area contributed by atoms with Crippen LogP contribution in [0.2, 0.25) is 15.1 Å². The van der Waals surface area contributed by atoms with E-state index in [1.807, 2.05) is 18.2 Å². The van der Waals surface area contributed by atoms with Crippen LogP contribution in [0, 0.1) is 5.82 Å². The van der Waals surface area contributed by atoms with Crippen LogP contribution < -0.4 is 0 Å². The van der Waals surface area contributed by atoms with E-state index in [0.29, 0.717) is 10.0 Å². The molecule has 1 aliphatic heterocycles. The van der Waals surface area contributed by atoms with Crippen LogP contribution in [0.25, 0.3) is 0 Å². The van der Waals surface area contributed by atoms with Crippen molar-refractivity contribution >= 4 is 34.8 Å². The molecule has 128 valence electrons. The Morgan fingerprint density at radius 1 is 0.792 bits per heavy atom. The first-order chi connectivity index (χ1) is 11.5. The number of hydrogen-bond acceptors (Lipinski definition) is 2. The molecule has 0 atom stereocenters. The van der Waals surface area contributed by atoms with E-state index in [9.17, 15) is 4.39 Å². The summed E-state index contributed by atoms with van der Waals surface area (Å²) in [4.78, 5) is 4.69. The molecule has 0 amide bonds. The van der Waals surface area contributed by atoms with Crippen molar-refractivity contribution < 1.29 is 4.39 Å². The highest BCUT2D eigenvalue weighted by atomic mass is 35.5. The fourth-order valence-corrected chi connectivity index (χ4v) is 3.63. The summed E-state index contributed by atoms with van der Waals surface area (Å²) < 4.78 is 13.2. The van der Waals surface area contributed by atoms with Gasteiger partial charge in [0.15, 0.2) is 0 Å². The average molecular weight is 388 g/mol. The van der Waals surface area contributed by atoms with Crippen molar-refractivity contribution in [2.45, 2.75) is 13.1 Å². The molecule has 0 saturated carbocycles. The standard InChI is InChI=1S/C18H18Cl3FN2/c19-15-2-1-3-16(20)14(15)12-24-8-6-23(7-9-24)11-13-4-5-18(22)17(21)10-13/h1-5,10H,6-9,11-12H2. The summed E-state index contributed by atoms with van der Waals surface area (Å²) in [7, 11) is 0. The third-order valence-electron chi connectivity index (χ3n) is 4.30. The van der Waals surface area contributed by atoms with Gasteiger partial charge in [0.1, 0.15) is 5.82 Å². The second kappa shape index (κ2) is 8.03. The van der Waals surface area contributed by atoms with Crippen LogP contribution in [0.5, 0.6) is 0 Å². The second-order valence-electron chi connectivity index (χ2n) is 6.00. The van der Waals surface area contributed by atoms with Gasteiger partial charge in [0.25, 0.3) is 0 Å². The maximum Gasteiger partial charge on any atom is 0.141 e. The van der Waals surface area contributed by atoms with Crippen LogP contribution in [0.4, 0.5) is 4.39 Å². The molecular weight excluding hydrogens is 370 g/mol. The van der Waals surface area contributed by atoms with Crippen LogP contribution >= 0.6 is 34.8 Å². The zero-order valence-electron chi connectivity index (χ0n) is 13.1. The number of rotatable bonds is 4. The first-order valence-electron chi connectivity index (χ1n) is 7.84. The lowest BCUT2D eigenvalue weighted by Crippen LogP contribution is -2.45. The van der Waals surface area contributed by atoms with Crippen molar-refractivity contribution in [3.05, 3.63) is 68.4 Å². The van der Waals surface area contributed by atoms with Gasteiger partial charge in [0, 0.05) is 54.9 Å². The van der Waals surface area contributed by atoms with E-state index in [2.05, 4.69) is 9.80 Å². The van der Waals surface area contributed by atoms with Gasteiger partial charge in [-0.05, 0) is 29.8 Å². The molecule has 1 saturated heterocycles. The van der Waals surface area contributed by atoms with E-state index >= 15 is 0 Å². The third-order valence-corrected chi connectivity index (χ3v) is 5.30. The average Bonchev–Trinajstić information content (AvgIpc) is 2.56. The Bertz CT molecular complexity index is 695. The van der Waals surface area contributed by atoms with E-state index < -0.39 is 0 Å². The van der Waals surface area contributed by atoms with Gasteiger partial charge < -0.3 is 0 Å². The second-order valence-corrected chi connectivity index (χ2v) is 7.22. The smallest absolute Gasteiger partial charge is 0.141 e. The molecule has 24 heavy (non-hydrogen) atoms. The monoisotopic (exact) mass is 386 g/mol. The molecule has 1 heterocycles. The Kier molecular flexibility index (Phi) is 6.01. The summed E-state index contributed by atoms with van der Waals surface area (Å²) in [6.07, 6.45) is 0. The molecule has 0 spiro atoms. The summed E-state index contributed by atoms with van der Waals surface area (Å²) in [6.45, 7) is 5.30. The van der Waals surface area contributed by atoms with Crippen molar-refractivity contribution in [2.24, 2.45) is 0 Å². The molecule has 1 fully saturated rings. The third kappa shape index (κ3) is 4.41. The maximum absolute atomic E-state index is 13.2. The minimum absolute atomic E-state index is 0.180. The van der Waals surface area contributed by atoms with Crippen LogP contribution in [-0.4, -0.2) is 36.0 Å². The summed E-state index contributed by atoms with van der Waals surface area (Å²) in [6, 6.07) is 10.5. The highest BCUT2D eigenvalue weighted by Gasteiger charge is 2.19. The van der Waals surface area contributed by atoms with Crippen LogP contribution in [0.15, 0.2) is 36.4 Å². The lowest BCUT2D eigenvalue weighted by atomic mass is 10.1. The predicted octanol–water partition coefficient (Wildman–Crippen LogP) is 5.10. The van der Waals surface area contributed by atoms with Crippen molar-refractivity contribution in [1.82, 2.24) is 9.80 Å². The van der Waals surface area contributed by atoms with Gasteiger partial charge >= 0.3 is 0 Å². The summed E-state index contributed by atoms with van der Waals surface area (Å²) >= 11 is 18.3. The van der Waals surface area contributed by atoms with Gasteiger partial charge in [-0.3, -0.25) is 9.80 Å². The van der Waals surface area contributed by atoms with E-state index in [0.717, 1.165) is 50.4 Å². The highest BCUT2D eigenvalue weighted by Crippen LogP contribution is 2.26. The van der Waals surface area contributed by atoms with Crippen LogP contribution in [0.1, 0.15) is 11.1 Å². The van der Waals surface area contributed by atoms with Gasteiger partial charge in [0.2, 0.25) is 0 Å². The van der Waals surface area contributed by atoms with Gasteiger partial charge in [-0.25, -0.2) is 4.39 Å². The van der Waals surface area contributed by atoms with Crippen LogP contribution in [-0.2, 0) is 13.1 Å². The van der Waals surface area contributed by atoms with E-state index in [4.69, 9.17) is 34.8 Å². The molecule has 0 N–H and O–H groups in total. The van der Waals surface area contributed by atoms with Gasteiger partial charge in [-0.2, -0.15) is 0 Å². The normalized spacial score (nSPS) is 16.5. The van der Waals surface area contributed by atoms with Gasteiger partial charge in [-0.1, -0.05) is 46.9 Å². The number of nitrogens with zero attached hydrogens (tertiary/aromatic N) is 2. The fraction of sp³-hybridized carbons (Fsp3) is 0.333. The molecular formula is C18H18Cl3FN2. The van der Waals surface area contributed by atoms with E-state index in [-0.39, 0.29) is 10.8 Å². The van der Waals surface area contributed by atoms with Gasteiger partial charge in [0.05, 0.1) is 5.02 Å². The summed E-state index contributed by atoms with van der Waals surface area (Å²) in [5.74, 6) is -0.373. The Morgan fingerprint density at radius 3 is 1.96 bits per heavy atom. The SMILES string of the molecule is Fc1ccc(CN2CCN(Cc3c(Cl)cccc3Cl)CC2)cc1Cl. The van der Waals surface area contributed by atoms with Crippen molar-refractivity contribution in [3.8, 4) is 0 Å². The first-order valence-corrected chi connectivity index (χ1v) is 8.98. The Labute approximate surface area is 156 Å². The first kappa shape index (κ1) is 18.0. The zero-order valence-corrected chi connectivity index (χ0v) is 15.4. The highest BCUT2D eigenvalue weighted by molar-refractivity contribution is 6.36. The molecule has 0 aliphatic carbocycles. The number of piperazine rings is 1. The molecule has 2 aromatic carbocycles. The maximum atomic E-state index is 13.2. The van der Waals surface area contributed by atoms with E-state index in [1.165, 1.54) is 6.07 Å². The van der Waals surface area contributed by atoms with Crippen molar-refractivity contribution in [3.63, 3.8) is 0 Å². The zero-order chi connectivity index (χ0) is 17.1. The molecule has 6 heteroatoms. The lowest BCUT2D eigenvalue weighted by Gasteiger charge is -2.35. The lowest BCUT2D eigenvalue weighted by molar-refractivity contribution is 0.122. The van der Waals surface area contributed by atoms with Crippen molar-refractivity contribution in [1.29, 1.82) is 0 Å². The Morgan fingerprint density at radius 2 is 1.38 bits per heavy atom. The Balaban J connectivity index is 1.55. The molecule has 0 radical (unpaired) electrons. The molecule has 3 rings (SSSR count). The Hall–Kier alpha value is -0.840. The molecule has 0 aromatic heterocycles. The van der Waals surface area contributed by atoms with Crippen molar-refractivity contribution in [2.75, 3.05) is 26.2 Å². The quantitative estimate of drug-likeness (QED) is 0.720. The minimum Gasteiger partial charge on any atom is -0.297 e. The number of halogens is 4. The molecule has 2 aromatic rings. The minimum atomic E-state index is -0.373. The topological polar surface area (TPSA) is 6.48 Å². The van der Waals surface area contributed by atoms with Gasteiger partial charge in [-0.15, -0.1) is 0 Å². The molecule has 0 unspecified atom stereocenters. The summed E-state index contributed by atoms with van der Waals surface area (Å²) in [5.41, 5.74) is 2.02. The fourth-order valence-electron chi connectivity index (χ4n) is 2.91. The molecule has 1 aliphatic rings. The predicted molar refractivity (Wildman–Crippen MR) is 98.4 cm³/mol. The molecule has 2 nitrogen and oxygen atoms in total. The van der Waals surface area contributed by atoms with Crippen LogP contribution in [0.3, 0.4) is 0 Å². The molecule has 0 bridgehead atoms. The number of benzene rings is 2.